The number of fused-ring (bicyclic) bond motifs is 12. The molecule has 0 unspecified atom stereocenters. The highest BCUT2D eigenvalue weighted by Gasteiger charge is 2.32. The van der Waals surface area contributed by atoms with Crippen molar-refractivity contribution >= 4 is 459 Å². The molecule has 0 saturated carbocycles. The van der Waals surface area contributed by atoms with Crippen LogP contribution in [0.1, 0.15) is 0 Å². The smallest absolute Gasteiger partial charge is 0.141 e. The molecule has 0 aliphatic rings. The Balaban J connectivity index is 1.48. The van der Waals surface area contributed by atoms with E-state index in [0.29, 0.717) is 0 Å². The van der Waals surface area contributed by atoms with E-state index in [2.05, 4.69) is 0 Å². The van der Waals surface area contributed by atoms with Gasteiger partial charge in [-0.15, -0.1) is 54.6 Å². The van der Waals surface area contributed by atoms with Gasteiger partial charge in [0, 0.05) is 16.2 Å². The van der Waals surface area contributed by atoms with Gasteiger partial charge in [0.15, 0.2) is 0 Å². The van der Waals surface area contributed by atoms with Crippen molar-refractivity contribution in [1.29, 1.82) is 0 Å². The van der Waals surface area contributed by atoms with Crippen LogP contribution in [0.4, 0.5) is 0 Å². The van der Waals surface area contributed by atoms with E-state index in [1.165, 1.54) is 0 Å². The van der Waals surface area contributed by atoms with Gasteiger partial charge in [-0.05, 0) is 81.5 Å². The highest BCUT2D eigenvalue weighted by Crippen LogP contribution is 2.43. The molecule has 1 heterocycles. The molecular weight excluding hydrogens is 895 g/mol. The Morgan fingerprint density at radius 3 is 0.701 bits per heavy atom. The van der Waals surface area contributed by atoms with Gasteiger partial charge in [0.05, 0.1) is 0 Å². The maximum Gasteiger partial charge on any atom is 0.141 e. The maximum absolute atomic E-state index is 7.55. The predicted octanol–water partition coefficient (Wildman–Crippen LogP) is -19.9. The molecule has 0 aliphatic carbocycles. The summed E-state index contributed by atoms with van der Waals surface area (Å²) in [6.45, 7) is 0. The van der Waals surface area contributed by atoms with Crippen molar-refractivity contribution in [2.75, 3.05) is 0 Å². The van der Waals surface area contributed by atoms with Crippen LogP contribution in [0.25, 0.3) is 109 Å². The Morgan fingerprint density at radius 1 is 0.117 bits per heavy atom. The first-order valence-corrected chi connectivity index (χ1v) is 22.7. The van der Waals surface area contributed by atoms with Crippen molar-refractivity contribution in [1.82, 2.24) is 0 Å². The Bertz CT molecular complexity index is 4690. The molecule has 0 saturated heterocycles. The van der Waals surface area contributed by atoms with Crippen LogP contribution in [0.15, 0.2) is 4.42 Å². The Labute approximate surface area is 482 Å². The van der Waals surface area contributed by atoms with Crippen molar-refractivity contribution in [2.24, 2.45) is 0 Å². The van der Waals surface area contributed by atoms with Crippen LogP contribution in [0, 0.1) is 0 Å². The van der Waals surface area contributed by atoms with Crippen LogP contribution in [-0.2, 0) is 0 Å². The summed E-state index contributed by atoms with van der Waals surface area (Å²) in [7, 11) is 192. The number of hydrogen-bond donors (Lipinski definition) is 0. The quantitative estimate of drug-likeness (QED) is 0.0957. The highest BCUT2D eigenvalue weighted by atomic mass is 16.3. The second-order valence-electron chi connectivity index (χ2n) is 19.1. The average Bonchev–Trinajstić information content (AvgIpc) is 3.96. The van der Waals surface area contributed by atoms with Gasteiger partial charge in [0.2, 0.25) is 0 Å². The molecule has 1 nitrogen and oxygen atoms in total. The fourth-order valence-electron chi connectivity index (χ4n) is 11.5. The second kappa shape index (κ2) is 17.9. The largest absolute Gasteiger partial charge is 0.456 e. The van der Waals surface area contributed by atoms with Crippen molar-refractivity contribution < 1.29 is 4.42 Å². The van der Waals surface area contributed by atoms with E-state index >= 15 is 0 Å². The molecule has 0 amide bonds. The lowest BCUT2D eigenvalue weighted by atomic mass is 9.56. The maximum atomic E-state index is 7.55. The number of rotatable bonds is 2. The van der Waals surface area contributed by atoms with E-state index in [1.807, 2.05) is 0 Å². The number of benzene rings is 10. The van der Waals surface area contributed by atoms with E-state index in [1.54, 1.807) is 0 Å². The van der Waals surface area contributed by atoms with Crippen LogP contribution in [-0.4, -0.2) is 220 Å². The highest BCUT2D eigenvalue weighted by molar-refractivity contribution is 6.79. The van der Waals surface area contributed by atoms with Gasteiger partial charge >= 0.3 is 0 Å². The molecule has 0 bridgehead atoms. The lowest BCUT2D eigenvalue weighted by Gasteiger charge is -2.33. The molecule has 0 aliphatic heterocycles. The van der Waals surface area contributed by atoms with Gasteiger partial charge in [-0.3, -0.25) is 0 Å². The molecule has 11 rings (SSSR count). The molecule has 0 N–H and O–H groups in total. The molecule has 0 atom stereocenters. The zero-order chi connectivity index (χ0) is 56.4. The van der Waals surface area contributed by atoms with Gasteiger partial charge in [0.1, 0.15) is 231 Å². The van der Waals surface area contributed by atoms with Gasteiger partial charge < -0.3 is 4.42 Å². The third-order valence-corrected chi connectivity index (χ3v) is 15.5. The third-order valence-electron chi connectivity index (χ3n) is 15.5. The Morgan fingerprint density at radius 2 is 0.325 bits per heavy atom. The van der Waals surface area contributed by atoms with E-state index in [4.69, 9.17) is 224 Å². The molecule has 0 fully saturated rings. The van der Waals surface area contributed by atoms with Gasteiger partial charge in [-0.25, -0.2) is 0 Å². The molecular formula is C48B28O. The van der Waals surface area contributed by atoms with Crippen molar-refractivity contribution in [3.05, 3.63) is 0 Å². The molecule has 0 spiro atoms. The van der Waals surface area contributed by atoms with E-state index in [-0.39, 0.29) is 262 Å². The molecule has 11 aromatic rings. The first kappa shape index (κ1) is 54.3. The SMILES string of the molecule is [B]c1c(-c2c3c([B])c([B])c([B])c([B])c3c(-c3c([B])c4c([B])c([B])c5c([B])c([B])c([B])c([B])c5c4c4c([B])c([B])c([B])c([B])c34)c3c([B])c([B])c([B])c([B])c23)c([B])c2c(oc3c4c([B])c([B])c([B])c([B])c4c([B])c([B])c32)c1[B]. The summed E-state index contributed by atoms with van der Waals surface area (Å²) in [5.41, 5.74) is -4.26. The second-order valence-corrected chi connectivity index (χ2v) is 19.1. The Kier molecular flexibility index (Phi) is 12.7. The number of furan rings is 1. The van der Waals surface area contributed by atoms with Gasteiger partial charge in [-0.2, -0.15) is 0 Å². The van der Waals surface area contributed by atoms with Gasteiger partial charge in [0.25, 0.3) is 0 Å². The predicted molar refractivity (Wildman–Crippen MR) is 360 cm³/mol. The topological polar surface area (TPSA) is 13.1 Å². The molecule has 56 radical (unpaired) electrons. The van der Waals surface area contributed by atoms with E-state index in [9.17, 15) is 0 Å². The number of hydrogen-bond acceptors (Lipinski definition) is 1. The van der Waals surface area contributed by atoms with Crippen LogP contribution in [0.2, 0.25) is 0 Å². The summed E-state index contributed by atoms with van der Waals surface area (Å²) in [6, 6.07) is 0. The van der Waals surface area contributed by atoms with Crippen LogP contribution in [0.3, 0.4) is 0 Å². The molecule has 10 aromatic carbocycles. The molecule has 1 aromatic heterocycles. The van der Waals surface area contributed by atoms with Crippen LogP contribution >= 0.6 is 0 Å². The summed E-state index contributed by atoms with van der Waals surface area (Å²) in [5.74, 6) is 0. The average molecular weight is 895 g/mol. The summed E-state index contributed by atoms with van der Waals surface area (Å²) in [6.07, 6.45) is 0. The molecule has 77 heavy (non-hydrogen) atoms. The normalized spacial score (nSPS) is 12.1. The van der Waals surface area contributed by atoms with Crippen LogP contribution < -0.4 is 153 Å². The molecule has 282 valence electrons. The van der Waals surface area contributed by atoms with E-state index in [0.717, 1.165) is 0 Å². The monoisotopic (exact) mass is 900 g/mol. The summed E-state index contributed by atoms with van der Waals surface area (Å²) in [5, 5.41) is 0.770. The zero-order valence-electron chi connectivity index (χ0n) is 40.6. The Hall–Kier alpha value is -4.62. The minimum absolute atomic E-state index is 0.00674. The van der Waals surface area contributed by atoms with E-state index < -0.39 is 0 Å². The third kappa shape index (κ3) is 6.65. The summed E-state index contributed by atoms with van der Waals surface area (Å²) < 4.78 is 6.50. The van der Waals surface area contributed by atoms with Gasteiger partial charge in [-0.1, -0.05) is 98.3 Å². The minimum Gasteiger partial charge on any atom is -0.456 e. The first-order chi connectivity index (χ1) is 36.0. The lowest BCUT2D eigenvalue weighted by molar-refractivity contribution is 0.676. The fraction of sp³-hybridized carbons (Fsp3) is 0. The lowest BCUT2D eigenvalue weighted by Crippen LogP contribution is -2.51. The van der Waals surface area contributed by atoms with Crippen molar-refractivity contribution in [3.63, 3.8) is 0 Å². The van der Waals surface area contributed by atoms with Crippen LogP contribution in [0.5, 0.6) is 0 Å². The molecule has 29 heteroatoms. The zero-order valence-corrected chi connectivity index (χ0v) is 40.6. The first-order valence-electron chi connectivity index (χ1n) is 22.7. The van der Waals surface area contributed by atoms with Crippen molar-refractivity contribution in [3.8, 4) is 22.3 Å². The fourth-order valence-corrected chi connectivity index (χ4v) is 11.5. The summed E-state index contributed by atoms with van der Waals surface area (Å²) >= 11 is 0. The standard InChI is InChI=1S/C48B28O/c49-19-4(11-9(25(55)40(70)42(72)27(11)57)3-10-14(29(59)28(58)12(3)19)31(61)43(73)41(71)26(10)56)1-5-7(23(53)38(68)36(66)21(5)51)2(8-6(1)22(52)37(67)39(69)24(8)54)13-20(50)17-18-34(64)30(60)15-16(35(65)45(75)44(74)32(15)62)47(18)77-48(17)46(76)33(13)63. The minimum atomic E-state index is -0.222. The van der Waals surface area contributed by atoms with Crippen molar-refractivity contribution in [2.45, 2.75) is 0 Å². The summed E-state index contributed by atoms with van der Waals surface area (Å²) in [4.78, 5) is 0.